The summed E-state index contributed by atoms with van der Waals surface area (Å²) in [5, 5.41) is 29.1. The van der Waals surface area contributed by atoms with Gasteiger partial charge in [-0.05, 0) is 66.1 Å². The van der Waals surface area contributed by atoms with Crippen molar-refractivity contribution in [1.29, 1.82) is 0 Å². The van der Waals surface area contributed by atoms with Gasteiger partial charge in [-0.1, -0.05) is 39.0 Å². The van der Waals surface area contributed by atoms with Crippen LogP contribution in [0, 0.1) is 0 Å². The molecule has 1 saturated heterocycles. The molecule has 22 heteroatoms. The first-order chi connectivity index (χ1) is 25.2. The number of hydrogen-bond donors (Lipinski definition) is 4. The quantitative estimate of drug-likeness (QED) is 0.156. The van der Waals surface area contributed by atoms with E-state index in [-0.39, 0.29) is 11.3 Å². The fraction of sp³-hybridized carbons (Fsp3) is 0.364. The number of carbonyl (C=O) groups excluding carboxylic acids is 1. The average Bonchev–Trinajstić information content (AvgIpc) is 3.70. The van der Waals surface area contributed by atoms with E-state index in [1.165, 1.54) is 11.1 Å². The van der Waals surface area contributed by atoms with Crippen LogP contribution in [0.2, 0.25) is 0 Å². The Morgan fingerprint density at radius 1 is 0.800 bits per heavy atom. The molecule has 5 rings (SSSR count). The van der Waals surface area contributed by atoms with Gasteiger partial charge >= 0.3 is 36.4 Å². The van der Waals surface area contributed by atoms with E-state index < -0.39 is 36.4 Å². The molecular weight excluding hydrogens is 763 g/mol. The molecule has 1 amide bonds. The van der Waals surface area contributed by atoms with Gasteiger partial charge in [0.05, 0.1) is 6.20 Å². The average molecular weight is 797 g/mol. The van der Waals surface area contributed by atoms with E-state index in [1.807, 2.05) is 54.9 Å². The number of aliphatic carboxylic acids is 3. The highest BCUT2D eigenvalue weighted by molar-refractivity contribution is 6.03. The Morgan fingerprint density at radius 3 is 1.78 bits per heavy atom. The van der Waals surface area contributed by atoms with Gasteiger partial charge in [0.15, 0.2) is 11.5 Å². The van der Waals surface area contributed by atoms with Crippen LogP contribution >= 0.6 is 0 Å². The number of nitrogens with one attached hydrogen (secondary N) is 1. The predicted octanol–water partition coefficient (Wildman–Crippen LogP) is 6.79. The summed E-state index contributed by atoms with van der Waals surface area (Å²) >= 11 is 0. The number of carbonyl (C=O) groups is 4. The molecule has 1 aromatic carbocycles. The highest BCUT2D eigenvalue weighted by Crippen LogP contribution is 2.27. The van der Waals surface area contributed by atoms with Gasteiger partial charge in [0, 0.05) is 30.5 Å². The molecule has 0 bridgehead atoms. The zero-order valence-electron chi connectivity index (χ0n) is 28.9. The van der Waals surface area contributed by atoms with Crippen molar-refractivity contribution in [1.82, 2.24) is 19.6 Å². The van der Waals surface area contributed by atoms with Crippen LogP contribution in [0.15, 0.2) is 67.1 Å². The maximum atomic E-state index is 12.8. The van der Waals surface area contributed by atoms with Gasteiger partial charge in [0.25, 0.3) is 5.91 Å². The number of fused-ring (bicyclic) bond motifs is 1. The SMILES string of the molecule is CC(C)(C)c1ccc(C(=O)Nc2cn3nc(N4CCCC4Cc4cccnc4)ccc3n2)cc1.O=C(O)C(F)(F)F.O=C(O)C(F)(F)F.O=C(O)C(F)(F)F. The maximum absolute atomic E-state index is 12.8. The van der Waals surface area contributed by atoms with Gasteiger partial charge < -0.3 is 25.5 Å². The molecule has 3 aromatic heterocycles. The molecule has 1 aliphatic heterocycles. The lowest BCUT2D eigenvalue weighted by Crippen LogP contribution is -2.32. The van der Waals surface area contributed by atoms with Crippen molar-refractivity contribution in [2.45, 2.75) is 70.0 Å². The van der Waals surface area contributed by atoms with E-state index in [0.29, 0.717) is 23.1 Å². The number of hydrogen-bond acceptors (Lipinski definition) is 8. The second-order valence-electron chi connectivity index (χ2n) is 12.4. The lowest BCUT2D eigenvalue weighted by atomic mass is 9.87. The number of aromatic nitrogens is 4. The topological polar surface area (TPSA) is 187 Å². The fourth-order valence-electron chi connectivity index (χ4n) is 4.54. The summed E-state index contributed by atoms with van der Waals surface area (Å²) in [6, 6.07) is 16.2. The Balaban J connectivity index is 0.000000408. The maximum Gasteiger partial charge on any atom is 0.490 e. The van der Waals surface area contributed by atoms with E-state index in [1.54, 1.807) is 10.7 Å². The number of halogens is 9. The third-order valence-electron chi connectivity index (χ3n) is 7.15. The number of alkyl halides is 9. The van der Waals surface area contributed by atoms with Crippen LogP contribution in [-0.2, 0) is 26.2 Å². The second-order valence-corrected chi connectivity index (χ2v) is 12.4. The molecule has 300 valence electrons. The first kappa shape index (κ1) is 45.2. The number of anilines is 2. The van der Waals surface area contributed by atoms with Gasteiger partial charge in [-0.15, -0.1) is 5.10 Å². The van der Waals surface area contributed by atoms with E-state index in [2.05, 4.69) is 47.0 Å². The van der Waals surface area contributed by atoms with Crippen LogP contribution in [0.4, 0.5) is 51.1 Å². The Morgan fingerprint density at radius 2 is 1.33 bits per heavy atom. The molecule has 0 radical (unpaired) electrons. The fourth-order valence-corrected chi connectivity index (χ4v) is 4.54. The number of benzene rings is 1. The number of nitrogens with zero attached hydrogens (tertiary/aromatic N) is 5. The van der Waals surface area contributed by atoms with E-state index in [0.717, 1.165) is 31.6 Å². The van der Waals surface area contributed by atoms with Crippen molar-refractivity contribution >= 4 is 41.1 Å². The van der Waals surface area contributed by atoms with Crippen LogP contribution in [0.1, 0.15) is 55.1 Å². The van der Waals surface area contributed by atoms with Gasteiger partial charge in [0.2, 0.25) is 0 Å². The third-order valence-corrected chi connectivity index (χ3v) is 7.15. The predicted molar refractivity (Wildman–Crippen MR) is 175 cm³/mol. The Kier molecular flexibility index (Phi) is 15.1. The molecule has 4 N–H and O–H groups in total. The Hall–Kier alpha value is -5.96. The van der Waals surface area contributed by atoms with Crippen molar-refractivity contribution in [3.05, 3.63) is 83.8 Å². The molecule has 1 unspecified atom stereocenters. The molecule has 1 aliphatic rings. The second kappa shape index (κ2) is 18.4. The number of pyridine rings is 1. The van der Waals surface area contributed by atoms with Gasteiger partial charge in [-0.25, -0.2) is 23.9 Å². The van der Waals surface area contributed by atoms with Gasteiger partial charge in [-0.2, -0.15) is 39.5 Å². The van der Waals surface area contributed by atoms with Crippen LogP contribution in [0.5, 0.6) is 0 Å². The largest absolute Gasteiger partial charge is 0.490 e. The van der Waals surface area contributed by atoms with E-state index in [9.17, 15) is 44.3 Å². The van der Waals surface area contributed by atoms with Crippen molar-refractivity contribution in [2.24, 2.45) is 0 Å². The van der Waals surface area contributed by atoms with Crippen molar-refractivity contribution < 1.29 is 74.0 Å². The molecule has 4 aromatic rings. The summed E-state index contributed by atoms with van der Waals surface area (Å²) in [6.45, 7) is 7.45. The standard InChI is InChI=1S/C27H30N6O.3C2HF3O2/c1-27(2,3)21-10-8-20(9-11-21)26(34)30-23-18-33-24(29-23)12-13-25(31-33)32-15-5-7-22(32)16-19-6-4-14-28-17-19;3*3-2(4,5)1(6)7/h4,6,8-14,17-18,22H,5,7,15-16H2,1-3H3,(H,30,34);3*(H,6,7). The zero-order chi connectivity index (χ0) is 41.9. The number of carboxylic acids is 3. The lowest BCUT2D eigenvalue weighted by molar-refractivity contribution is -0.193. The van der Waals surface area contributed by atoms with Crippen LogP contribution in [0.25, 0.3) is 5.65 Å². The minimum atomic E-state index is -5.08. The number of rotatable bonds is 5. The molecule has 1 fully saturated rings. The van der Waals surface area contributed by atoms with Crippen LogP contribution in [-0.4, -0.2) is 89.8 Å². The molecule has 1 atom stereocenters. The molecule has 0 spiro atoms. The van der Waals surface area contributed by atoms with Crippen LogP contribution < -0.4 is 10.2 Å². The van der Waals surface area contributed by atoms with Gasteiger partial charge in [0.1, 0.15) is 5.82 Å². The van der Waals surface area contributed by atoms with E-state index in [4.69, 9.17) is 34.8 Å². The lowest BCUT2D eigenvalue weighted by Gasteiger charge is -2.25. The highest BCUT2D eigenvalue weighted by Gasteiger charge is 2.39. The summed E-state index contributed by atoms with van der Waals surface area (Å²) in [7, 11) is 0. The first-order valence-electron chi connectivity index (χ1n) is 15.5. The normalized spacial score (nSPS) is 14.3. The first-order valence-corrected chi connectivity index (χ1v) is 15.5. The molecule has 0 aliphatic carbocycles. The summed E-state index contributed by atoms with van der Waals surface area (Å²) in [5.74, 6) is -7.04. The van der Waals surface area contributed by atoms with E-state index >= 15 is 0 Å². The van der Waals surface area contributed by atoms with Crippen LogP contribution in [0.3, 0.4) is 0 Å². The van der Waals surface area contributed by atoms with Crippen molar-refractivity contribution in [2.75, 3.05) is 16.8 Å². The Labute approximate surface area is 305 Å². The minimum absolute atomic E-state index is 0.0479. The number of carboxylic acid groups (broad SMARTS) is 3. The highest BCUT2D eigenvalue weighted by atomic mass is 19.4. The monoisotopic (exact) mass is 796 g/mol. The van der Waals surface area contributed by atoms with Crippen molar-refractivity contribution in [3.8, 4) is 0 Å². The molecule has 4 heterocycles. The molecule has 13 nitrogen and oxygen atoms in total. The third kappa shape index (κ3) is 14.8. The Bertz CT molecular complexity index is 1850. The zero-order valence-corrected chi connectivity index (χ0v) is 28.9. The smallest absolute Gasteiger partial charge is 0.475 e. The van der Waals surface area contributed by atoms with Crippen molar-refractivity contribution in [3.63, 3.8) is 0 Å². The summed E-state index contributed by atoms with van der Waals surface area (Å²) in [6.07, 6.45) is -6.51. The number of amides is 1. The van der Waals surface area contributed by atoms with Gasteiger partial charge in [-0.3, -0.25) is 9.78 Å². The molecular formula is C33H33F9N6O7. The molecule has 0 saturated carbocycles. The number of imidazole rings is 1. The molecule has 55 heavy (non-hydrogen) atoms. The summed E-state index contributed by atoms with van der Waals surface area (Å²) in [5.41, 5.74) is 3.78. The summed E-state index contributed by atoms with van der Waals surface area (Å²) < 4.78 is 97.0. The summed E-state index contributed by atoms with van der Waals surface area (Å²) in [4.78, 5) is 50.6. The minimum Gasteiger partial charge on any atom is -0.475 e.